The number of benzene rings is 1. The van der Waals surface area contributed by atoms with E-state index in [1.807, 2.05) is 24.3 Å². The van der Waals surface area contributed by atoms with Gasteiger partial charge in [-0.15, -0.1) is 11.6 Å². The molecule has 2 rings (SSSR count). The number of alkyl halides is 1. The van der Waals surface area contributed by atoms with Crippen LogP contribution in [0, 0.1) is 0 Å². The fourth-order valence-electron chi connectivity index (χ4n) is 1.99. The van der Waals surface area contributed by atoms with E-state index in [0.717, 1.165) is 5.39 Å². The van der Waals surface area contributed by atoms with Gasteiger partial charge in [0.15, 0.2) is 0 Å². The van der Waals surface area contributed by atoms with Gasteiger partial charge in [-0.05, 0) is 18.6 Å². The van der Waals surface area contributed by atoms with Gasteiger partial charge in [0.2, 0.25) is 0 Å². The van der Waals surface area contributed by atoms with E-state index in [2.05, 4.69) is 10.3 Å². The van der Waals surface area contributed by atoms with E-state index in [-0.39, 0.29) is 11.3 Å². The van der Waals surface area contributed by atoms with Crippen molar-refractivity contribution < 1.29 is 9.53 Å². The van der Waals surface area contributed by atoms with E-state index >= 15 is 0 Å². The number of amides is 1. The molecule has 1 heterocycles. The molecule has 0 aliphatic carbocycles. The summed E-state index contributed by atoms with van der Waals surface area (Å²) in [5, 5.41) is 3.72. The zero-order valence-electron chi connectivity index (χ0n) is 11.3. The Morgan fingerprint density at radius 2 is 2.20 bits per heavy atom. The van der Waals surface area contributed by atoms with E-state index in [0.29, 0.717) is 30.7 Å². The molecule has 1 amide bonds. The number of ether oxygens (including phenoxy) is 1. The van der Waals surface area contributed by atoms with Gasteiger partial charge in [-0.25, -0.2) is 0 Å². The number of halogens is 1. The van der Waals surface area contributed by atoms with Crippen LogP contribution in [0.1, 0.15) is 16.8 Å². The van der Waals surface area contributed by atoms with Gasteiger partial charge in [0.1, 0.15) is 0 Å². The Kier molecular flexibility index (Phi) is 5.32. The molecule has 0 saturated carbocycles. The first-order valence-electron chi connectivity index (χ1n) is 6.47. The first-order chi connectivity index (χ1) is 9.72. The lowest BCUT2D eigenvalue weighted by atomic mass is 10.1. The molecule has 1 aromatic carbocycles. The van der Waals surface area contributed by atoms with E-state index < -0.39 is 0 Å². The molecule has 0 fully saturated rings. The van der Waals surface area contributed by atoms with Crippen LogP contribution in [0.5, 0.6) is 0 Å². The summed E-state index contributed by atoms with van der Waals surface area (Å²) in [6.45, 7) is 0.993. The monoisotopic (exact) mass is 292 g/mol. The lowest BCUT2D eigenvalue weighted by Crippen LogP contribution is -2.27. The fraction of sp³-hybridized carbons (Fsp3) is 0.333. The molecule has 0 aliphatic heterocycles. The number of aromatic nitrogens is 1. The SMILES string of the molecule is COCC(Cl)CCNC(=O)c1cccc2cccnc12. The third-order valence-corrected chi connectivity index (χ3v) is 3.31. The van der Waals surface area contributed by atoms with Gasteiger partial charge in [-0.1, -0.05) is 18.2 Å². The number of pyridine rings is 1. The van der Waals surface area contributed by atoms with Gasteiger partial charge >= 0.3 is 0 Å². The predicted octanol–water partition coefficient (Wildman–Crippen LogP) is 2.61. The number of hydrogen-bond donors (Lipinski definition) is 1. The summed E-state index contributed by atoms with van der Waals surface area (Å²) in [5.74, 6) is -0.129. The molecule has 0 spiro atoms. The Bertz CT molecular complexity index is 584. The molecule has 106 valence electrons. The van der Waals surface area contributed by atoms with Gasteiger partial charge in [-0.2, -0.15) is 0 Å². The minimum absolute atomic E-state index is 0.0917. The molecule has 4 nitrogen and oxygen atoms in total. The van der Waals surface area contributed by atoms with E-state index in [9.17, 15) is 4.79 Å². The van der Waals surface area contributed by atoms with Crippen LogP contribution in [0.2, 0.25) is 0 Å². The summed E-state index contributed by atoms with van der Waals surface area (Å²) in [5.41, 5.74) is 1.30. The third-order valence-electron chi connectivity index (χ3n) is 2.97. The number of carbonyl (C=O) groups excluding carboxylic acids is 1. The van der Waals surface area contributed by atoms with E-state index in [1.54, 1.807) is 19.4 Å². The molecular formula is C15H17ClN2O2. The maximum absolute atomic E-state index is 12.2. The van der Waals surface area contributed by atoms with E-state index in [1.165, 1.54) is 0 Å². The van der Waals surface area contributed by atoms with Crippen molar-refractivity contribution in [3.05, 3.63) is 42.1 Å². The van der Waals surface area contributed by atoms with E-state index in [4.69, 9.17) is 16.3 Å². The number of hydrogen-bond acceptors (Lipinski definition) is 3. The van der Waals surface area contributed by atoms with Crippen LogP contribution in [0.15, 0.2) is 36.5 Å². The number of nitrogens with zero attached hydrogens (tertiary/aromatic N) is 1. The average molecular weight is 293 g/mol. The maximum Gasteiger partial charge on any atom is 0.253 e. The van der Waals surface area contributed by atoms with Crippen molar-refractivity contribution in [3.63, 3.8) is 0 Å². The zero-order valence-corrected chi connectivity index (χ0v) is 12.1. The smallest absolute Gasteiger partial charge is 0.253 e. The van der Waals surface area contributed by atoms with Crippen molar-refractivity contribution in [1.29, 1.82) is 0 Å². The summed E-state index contributed by atoms with van der Waals surface area (Å²) in [6.07, 6.45) is 2.35. The first kappa shape index (κ1) is 14.8. The normalized spacial score (nSPS) is 12.3. The molecule has 1 N–H and O–H groups in total. The Morgan fingerprint density at radius 3 is 3.00 bits per heavy atom. The molecule has 20 heavy (non-hydrogen) atoms. The lowest BCUT2D eigenvalue weighted by molar-refractivity contribution is 0.0953. The topological polar surface area (TPSA) is 51.2 Å². The predicted molar refractivity (Wildman–Crippen MR) is 80.2 cm³/mol. The number of carbonyl (C=O) groups is 1. The number of fused-ring (bicyclic) bond motifs is 1. The number of methoxy groups -OCH3 is 1. The van der Waals surface area contributed by atoms with Crippen molar-refractivity contribution >= 4 is 28.4 Å². The van der Waals surface area contributed by atoms with Crippen LogP contribution in [-0.2, 0) is 4.74 Å². The highest BCUT2D eigenvalue weighted by Gasteiger charge is 2.11. The highest BCUT2D eigenvalue weighted by Crippen LogP contribution is 2.15. The van der Waals surface area contributed by atoms with Crippen LogP contribution in [-0.4, -0.2) is 36.5 Å². The Morgan fingerprint density at radius 1 is 1.40 bits per heavy atom. The van der Waals surface area contributed by atoms with Crippen molar-refractivity contribution in [2.75, 3.05) is 20.3 Å². The molecule has 0 saturated heterocycles. The number of nitrogens with one attached hydrogen (secondary N) is 1. The Balaban J connectivity index is 2.01. The van der Waals surface area contributed by atoms with Crippen molar-refractivity contribution in [2.24, 2.45) is 0 Å². The maximum atomic E-state index is 12.2. The van der Waals surface area contributed by atoms with Crippen molar-refractivity contribution in [3.8, 4) is 0 Å². The second kappa shape index (κ2) is 7.22. The summed E-state index contributed by atoms with van der Waals surface area (Å²) in [4.78, 5) is 16.4. The van der Waals surface area contributed by atoms with Crippen molar-refractivity contribution in [2.45, 2.75) is 11.8 Å². The molecule has 0 radical (unpaired) electrons. The largest absolute Gasteiger partial charge is 0.383 e. The minimum atomic E-state index is -0.129. The average Bonchev–Trinajstić information content (AvgIpc) is 2.47. The molecule has 1 aromatic heterocycles. The zero-order chi connectivity index (χ0) is 14.4. The first-order valence-corrected chi connectivity index (χ1v) is 6.91. The van der Waals surface area contributed by atoms with Gasteiger partial charge in [0.05, 0.1) is 23.1 Å². The fourth-order valence-corrected chi connectivity index (χ4v) is 2.22. The van der Waals surface area contributed by atoms with Crippen LogP contribution < -0.4 is 5.32 Å². The highest BCUT2D eigenvalue weighted by atomic mass is 35.5. The second-order valence-corrected chi connectivity index (χ2v) is 5.10. The third kappa shape index (κ3) is 3.68. The Hall–Kier alpha value is -1.65. The lowest BCUT2D eigenvalue weighted by Gasteiger charge is -2.10. The molecular weight excluding hydrogens is 276 g/mol. The van der Waals surface area contributed by atoms with Crippen molar-refractivity contribution in [1.82, 2.24) is 10.3 Å². The van der Waals surface area contributed by atoms with Gasteiger partial charge in [0.25, 0.3) is 5.91 Å². The standard InChI is InChI=1S/C15H17ClN2O2/c1-20-10-12(16)7-9-18-15(19)13-6-2-4-11-5-3-8-17-14(11)13/h2-6,8,12H,7,9-10H2,1H3,(H,18,19). The van der Waals surface area contributed by atoms with Crippen LogP contribution in [0.25, 0.3) is 10.9 Å². The quantitative estimate of drug-likeness (QED) is 0.833. The number of para-hydroxylation sites is 1. The van der Waals surface area contributed by atoms with Crippen LogP contribution in [0.4, 0.5) is 0 Å². The summed E-state index contributed by atoms with van der Waals surface area (Å²) < 4.78 is 4.95. The second-order valence-electron chi connectivity index (χ2n) is 4.48. The highest BCUT2D eigenvalue weighted by molar-refractivity contribution is 6.20. The summed E-state index contributed by atoms with van der Waals surface area (Å²) in [6, 6.07) is 9.36. The van der Waals surface area contributed by atoms with Crippen LogP contribution in [0.3, 0.4) is 0 Å². The molecule has 0 bridgehead atoms. The van der Waals surface area contributed by atoms with Crippen LogP contribution >= 0.6 is 11.6 Å². The molecule has 0 aliphatic rings. The van der Waals surface area contributed by atoms with Gasteiger partial charge < -0.3 is 10.1 Å². The molecule has 1 unspecified atom stereocenters. The molecule has 5 heteroatoms. The van der Waals surface area contributed by atoms with Gasteiger partial charge in [0, 0.05) is 25.2 Å². The Labute approximate surface area is 123 Å². The summed E-state index contributed by atoms with van der Waals surface area (Å²) in [7, 11) is 1.61. The minimum Gasteiger partial charge on any atom is -0.383 e. The molecule has 2 aromatic rings. The number of rotatable bonds is 6. The van der Waals surface area contributed by atoms with Gasteiger partial charge in [-0.3, -0.25) is 9.78 Å². The molecule has 1 atom stereocenters. The summed E-state index contributed by atoms with van der Waals surface area (Å²) >= 11 is 6.02.